The van der Waals surface area contributed by atoms with Crippen molar-refractivity contribution in [2.24, 2.45) is 5.92 Å². The zero-order valence-corrected chi connectivity index (χ0v) is 22.5. The molecule has 0 saturated carbocycles. The minimum Gasteiger partial charge on any atom is -0.321 e. The maximum absolute atomic E-state index is 13.2. The number of hydrogen-bond donors (Lipinski definition) is 1. The van der Waals surface area contributed by atoms with Gasteiger partial charge in [0.05, 0.1) is 17.1 Å². The summed E-state index contributed by atoms with van der Waals surface area (Å²) in [6, 6.07) is 16.6. The molecule has 2 aromatic heterocycles. The summed E-state index contributed by atoms with van der Waals surface area (Å²) in [5, 5.41) is 14.1. The molecule has 1 unspecified atom stereocenters. The number of nitrogens with one attached hydrogen (secondary N) is 1. The van der Waals surface area contributed by atoms with Gasteiger partial charge in [-0.2, -0.15) is 0 Å². The molecule has 2 aromatic carbocycles. The van der Waals surface area contributed by atoms with Crippen molar-refractivity contribution in [1.29, 1.82) is 0 Å². The Morgan fingerprint density at radius 1 is 1.06 bits per heavy atom. The number of aromatic nitrogens is 5. The first-order chi connectivity index (χ1) is 17.1. The van der Waals surface area contributed by atoms with Crippen LogP contribution in [0.4, 0.5) is 0 Å². The molecule has 7 nitrogen and oxygen atoms in total. The summed E-state index contributed by atoms with van der Waals surface area (Å²) < 4.78 is 1.97. The van der Waals surface area contributed by atoms with E-state index in [1.165, 1.54) is 11.1 Å². The molecule has 0 spiro atoms. The Bertz CT molecular complexity index is 1380. The molecule has 0 radical (unpaired) electrons. The number of benzene rings is 2. The highest BCUT2D eigenvalue weighted by atomic mass is 16.1. The molecule has 2 heterocycles. The van der Waals surface area contributed by atoms with E-state index in [0.717, 1.165) is 34.3 Å². The number of nitrogens with zero attached hydrogens (tertiary/aromatic N) is 5. The molecule has 0 amide bonds. The number of H-pyrrole nitrogens is 1. The van der Waals surface area contributed by atoms with Crippen LogP contribution in [0.3, 0.4) is 0 Å². The van der Waals surface area contributed by atoms with Crippen LogP contribution in [0.5, 0.6) is 0 Å². The highest BCUT2D eigenvalue weighted by Crippen LogP contribution is 2.33. The summed E-state index contributed by atoms with van der Waals surface area (Å²) in [6.45, 7) is 16.1. The smallest absolute Gasteiger partial charge is 0.252 e. The molecule has 7 heteroatoms. The van der Waals surface area contributed by atoms with Crippen LogP contribution in [-0.4, -0.2) is 30.1 Å². The standard InChI is InChI=1S/C29H38N6O/c1-8-29(6,7)35-27(31-32-33-35)26(19(2)3)34(17-22-14-12-20(4)13-15-22)18-24-16-23-11-9-10-21(5)25(23)30-28(24)36/h9-16,19,26H,8,17-18H2,1-7H3,(H,30,36). The van der Waals surface area contributed by atoms with E-state index in [1.807, 2.05) is 29.8 Å². The summed E-state index contributed by atoms with van der Waals surface area (Å²) in [4.78, 5) is 18.7. The van der Waals surface area contributed by atoms with Gasteiger partial charge in [-0.05, 0) is 73.0 Å². The molecule has 190 valence electrons. The Kier molecular flexibility index (Phi) is 7.41. The van der Waals surface area contributed by atoms with Gasteiger partial charge in [0.25, 0.3) is 5.56 Å². The fourth-order valence-corrected chi connectivity index (χ4v) is 4.79. The third-order valence-corrected chi connectivity index (χ3v) is 7.27. The number of para-hydroxylation sites is 1. The first-order valence-corrected chi connectivity index (χ1v) is 12.8. The molecule has 0 fully saturated rings. The highest BCUT2D eigenvalue weighted by Gasteiger charge is 2.33. The van der Waals surface area contributed by atoms with Crippen LogP contribution in [0.1, 0.15) is 75.2 Å². The van der Waals surface area contributed by atoms with Gasteiger partial charge in [0.1, 0.15) is 0 Å². The number of tetrazole rings is 1. The van der Waals surface area contributed by atoms with Crippen LogP contribution in [0.25, 0.3) is 10.9 Å². The van der Waals surface area contributed by atoms with Gasteiger partial charge in [0, 0.05) is 18.7 Å². The van der Waals surface area contributed by atoms with Gasteiger partial charge in [0.2, 0.25) is 0 Å². The number of aryl methyl sites for hydroxylation is 2. The summed E-state index contributed by atoms with van der Waals surface area (Å²) in [7, 11) is 0. The SMILES string of the molecule is CCC(C)(C)n1nnnc1C(C(C)C)N(Cc1ccc(C)cc1)Cc1cc2cccc(C)c2[nH]c1=O. The number of hydrogen-bond acceptors (Lipinski definition) is 5. The van der Waals surface area contributed by atoms with Gasteiger partial charge in [0.15, 0.2) is 5.82 Å². The van der Waals surface area contributed by atoms with Crippen molar-refractivity contribution in [3.63, 3.8) is 0 Å². The van der Waals surface area contributed by atoms with Crippen LogP contribution in [0, 0.1) is 19.8 Å². The number of fused-ring (bicyclic) bond motifs is 1. The second-order valence-corrected chi connectivity index (χ2v) is 10.9. The van der Waals surface area contributed by atoms with Crippen molar-refractivity contribution in [3.8, 4) is 0 Å². The van der Waals surface area contributed by atoms with Gasteiger partial charge in [-0.3, -0.25) is 9.69 Å². The Morgan fingerprint density at radius 3 is 2.44 bits per heavy atom. The predicted molar refractivity (Wildman–Crippen MR) is 145 cm³/mol. The maximum atomic E-state index is 13.2. The van der Waals surface area contributed by atoms with E-state index in [2.05, 4.69) is 97.3 Å². The van der Waals surface area contributed by atoms with Gasteiger partial charge in [-0.1, -0.05) is 68.8 Å². The van der Waals surface area contributed by atoms with Crippen molar-refractivity contribution in [2.45, 2.75) is 79.6 Å². The molecule has 4 aromatic rings. The Morgan fingerprint density at radius 2 is 1.78 bits per heavy atom. The fourth-order valence-electron chi connectivity index (χ4n) is 4.79. The second-order valence-electron chi connectivity index (χ2n) is 10.9. The lowest BCUT2D eigenvalue weighted by Gasteiger charge is -2.35. The van der Waals surface area contributed by atoms with E-state index in [0.29, 0.717) is 13.1 Å². The number of aromatic amines is 1. The molecule has 0 aliphatic rings. The minimum absolute atomic E-state index is 0.0540. The average Bonchev–Trinajstić information content (AvgIpc) is 3.32. The van der Waals surface area contributed by atoms with Crippen molar-refractivity contribution in [3.05, 3.63) is 87.0 Å². The molecule has 1 N–H and O–H groups in total. The molecule has 1 atom stereocenters. The maximum Gasteiger partial charge on any atom is 0.252 e. The minimum atomic E-state index is -0.223. The Balaban J connectivity index is 1.82. The Hall–Kier alpha value is -3.32. The van der Waals surface area contributed by atoms with Gasteiger partial charge < -0.3 is 4.98 Å². The van der Waals surface area contributed by atoms with Crippen molar-refractivity contribution >= 4 is 10.9 Å². The molecule has 0 aliphatic heterocycles. The van der Waals surface area contributed by atoms with Gasteiger partial charge >= 0.3 is 0 Å². The van der Waals surface area contributed by atoms with Gasteiger partial charge in [-0.15, -0.1) is 5.10 Å². The zero-order chi connectivity index (χ0) is 26.0. The van der Waals surface area contributed by atoms with Crippen molar-refractivity contribution < 1.29 is 0 Å². The largest absolute Gasteiger partial charge is 0.321 e. The Labute approximate surface area is 213 Å². The summed E-state index contributed by atoms with van der Waals surface area (Å²) in [5.74, 6) is 1.05. The quantitative estimate of drug-likeness (QED) is 0.329. The van der Waals surface area contributed by atoms with Crippen LogP contribution < -0.4 is 5.56 Å². The van der Waals surface area contributed by atoms with Crippen LogP contribution in [-0.2, 0) is 18.6 Å². The topological polar surface area (TPSA) is 79.7 Å². The van der Waals surface area contributed by atoms with E-state index in [9.17, 15) is 4.79 Å². The monoisotopic (exact) mass is 486 g/mol. The second kappa shape index (κ2) is 10.3. The predicted octanol–water partition coefficient (Wildman–Crippen LogP) is 5.68. The fraction of sp³-hybridized carbons (Fsp3) is 0.448. The molecule has 4 rings (SSSR count). The summed E-state index contributed by atoms with van der Waals surface area (Å²) in [5.41, 5.74) is 4.83. The lowest BCUT2D eigenvalue weighted by Crippen LogP contribution is -2.38. The van der Waals surface area contributed by atoms with E-state index >= 15 is 0 Å². The molecular formula is C29H38N6O. The summed E-state index contributed by atoms with van der Waals surface area (Å²) in [6.07, 6.45) is 0.900. The third-order valence-electron chi connectivity index (χ3n) is 7.27. The van der Waals surface area contributed by atoms with E-state index in [1.54, 1.807) is 0 Å². The highest BCUT2D eigenvalue weighted by molar-refractivity contribution is 5.81. The van der Waals surface area contributed by atoms with E-state index in [4.69, 9.17) is 0 Å². The first kappa shape index (κ1) is 25.8. The lowest BCUT2D eigenvalue weighted by molar-refractivity contribution is 0.118. The molecular weight excluding hydrogens is 448 g/mol. The molecule has 36 heavy (non-hydrogen) atoms. The number of rotatable bonds is 9. The van der Waals surface area contributed by atoms with Crippen molar-refractivity contribution in [1.82, 2.24) is 30.1 Å². The van der Waals surface area contributed by atoms with Gasteiger partial charge in [-0.25, -0.2) is 4.68 Å². The molecule has 0 saturated heterocycles. The lowest BCUT2D eigenvalue weighted by atomic mass is 9.96. The average molecular weight is 487 g/mol. The van der Waals surface area contributed by atoms with E-state index < -0.39 is 0 Å². The summed E-state index contributed by atoms with van der Waals surface area (Å²) >= 11 is 0. The zero-order valence-electron chi connectivity index (χ0n) is 22.5. The van der Waals surface area contributed by atoms with E-state index in [-0.39, 0.29) is 23.1 Å². The van der Waals surface area contributed by atoms with Crippen LogP contribution >= 0.6 is 0 Å². The molecule has 0 aliphatic carbocycles. The molecule has 0 bridgehead atoms. The van der Waals surface area contributed by atoms with Crippen LogP contribution in [0.15, 0.2) is 53.3 Å². The number of pyridine rings is 1. The van der Waals surface area contributed by atoms with Crippen molar-refractivity contribution in [2.75, 3.05) is 0 Å². The normalized spacial score (nSPS) is 13.1. The third kappa shape index (κ3) is 5.26. The van der Waals surface area contributed by atoms with Crippen LogP contribution in [0.2, 0.25) is 0 Å². The first-order valence-electron chi connectivity index (χ1n) is 12.8.